The molecule has 0 radical (unpaired) electrons. The molecule has 2 saturated heterocycles. The molecule has 12 heteroatoms. The van der Waals surface area contributed by atoms with Gasteiger partial charge in [0.1, 0.15) is 21.2 Å². The zero-order valence-electron chi connectivity index (χ0n) is 28.9. The Morgan fingerprint density at radius 2 is 1.68 bits per heavy atom. The van der Waals surface area contributed by atoms with Crippen LogP contribution >= 0.6 is 0 Å². The number of sulfone groups is 1. The Bertz CT molecular complexity index is 1990. The van der Waals surface area contributed by atoms with E-state index in [4.69, 9.17) is 9.84 Å². The highest BCUT2D eigenvalue weighted by atomic mass is 32.2. The van der Waals surface area contributed by atoms with Crippen LogP contribution < -0.4 is 10.9 Å². The van der Waals surface area contributed by atoms with Crippen LogP contribution in [0.3, 0.4) is 0 Å². The fourth-order valence-electron chi connectivity index (χ4n) is 7.30. The zero-order chi connectivity index (χ0) is 35.4. The first-order chi connectivity index (χ1) is 24.0. The Kier molecular flexibility index (Phi) is 10.8. The minimum Gasteiger partial charge on any atom is -0.383 e. The summed E-state index contributed by atoms with van der Waals surface area (Å²) < 4.78 is 32.3. The molecule has 0 saturated carbocycles. The van der Waals surface area contributed by atoms with Crippen molar-refractivity contribution in [1.82, 2.24) is 24.6 Å². The molecule has 2 fully saturated rings. The lowest BCUT2D eigenvalue weighted by molar-refractivity contribution is -0.119. The van der Waals surface area contributed by atoms with E-state index in [1.165, 1.54) is 10.1 Å². The number of methoxy groups -OCH3 is 1. The summed E-state index contributed by atoms with van der Waals surface area (Å²) in [6, 6.07) is 21.2. The quantitative estimate of drug-likeness (QED) is 0.237. The summed E-state index contributed by atoms with van der Waals surface area (Å²) in [5, 5.41) is 7.84. The Hall–Kier alpha value is -4.39. The molecular formula is C38H45N5O6S. The number of likely N-dealkylation sites (tertiary alicyclic amines) is 1. The van der Waals surface area contributed by atoms with Crippen LogP contribution in [-0.4, -0.2) is 90.3 Å². The summed E-state index contributed by atoms with van der Waals surface area (Å²) in [6.07, 6.45) is 2.87. The summed E-state index contributed by atoms with van der Waals surface area (Å²) in [4.78, 5) is 42.9. The number of carbonyl (C=O) groups is 2. The Morgan fingerprint density at radius 1 is 1.00 bits per heavy atom. The molecule has 2 aromatic carbocycles. The van der Waals surface area contributed by atoms with Crippen molar-refractivity contribution >= 4 is 21.5 Å². The van der Waals surface area contributed by atoms with Gasteiger partial charge in [0.2, 0.25) is 0 Å². The number of para-hydroxylation sites is 1. The maximum atomic E-state index is 14.0. The maximum absolute atomic E-state index is 14.0. The highest BCUT2D eigenvalue weighted by Crippen LogP contribution is 2.36. The van der Waals surface area contributed by atoms with Gasteiger partial charge in [0.15, 0.2) is 0 Å². The molecule has 1 N–H and O–H groups in total. The number of hydrogen-bond donors (Lipinski definition) is 1. The van der Waals surface area contributed by atoms with E-state index in [1.807, 2.05) is 55.5 Å². The van der Waals surface area contributed by atoms with Crippen molar-refractivity contribution in [3.05, 3.63) is 106 Å². The maximum Gasteiger partial charge on any atom is 0.263 e. The van der Waals surface area contributed by atoms with E-state index >= 15 is 0 Å². The third-order valence-corrected chi connectivity index (χ3v) is 11.8. The number of ether oxygens (including phenoxy) is 1. The van der Waals surface area contributed by atoms with E-state index in [9.17, 15) is 22.8 Å². The first kappa shape index (κ1) is 35.4. The van der Waals surface area contributed by atoms with Crippen LogP contribution in [0, 0.1) is 12.8 Å². The first-order valence-electron chi connectivity index (χ1n) is 17.2. The monoisotopic (exact) mass is 699 g/mol. The molecule has 6 rings (SSSR count). The average Bonchev–Trinajstić information content (AvgIpc) is 3.66. The van der Waals surface area contributed by atoms with Crippen molar-refractivity contribution in [2.45, 2.75) is 44.6 Å². The van der Waals surface area contributed by atoms with Crippen LogP contribution in [0.4, 0.5) is 0 Å². The fourth-order valence-corrected chi connectivity index (χ4v) is 8.79. The molecule has 2 aliphatic heterocycles. The summed E-state index contributed by atoms with van der Waals surface area (Å²) in [7, 11) is 0.194. The van der Waals surface area contributed by atoms with E-state index in [2.05, 4.69) is 22.3 Å². The summed E-state index contributed by atoms with van der Waals surface area (Å²) in [6.45, 7) is 5.07. The number of rotatable bonds is 12. The number of nitrogens with zero attached hydrogens (tertiary/aromatic N) is 4. The molecule has 4 heterocycles. The van der Waals surface area contributed by atoms with Gasteiger partial charge in [-0.15, -0.1) is 0 Å². The molecule has 50 heavy (non-hydrogen) atoms. The van der Waals surface area contributed by atoms with Crippen molar-refractivity contribution in [2.24, 2.45) is 13.0 Å². The van der Waals surface area contributed by atoms with Gasteiger partial charge in [0.25, 0.3) is 11.5 Å². The Balaban J connectivity index is 1.29. The highest BCUT2D eigenvalue weighted by Gasteiger charge is 2.35. The highest BCUT2D eigenvalue weighted by molar-refractivity contribution is 7.91. The molecule has 4 aromatic rings. The van der Waals surface area contributed by atoms with Crippen LogP contribution in [0.5, 0.6) is 0 Å². The predicted molar refractivity (Wildman–Crippen MR) is 192 cm³/mol. The van der Waals surface area contributed by atoms with E-state index in [0.717, 1.165) is 36.6 Å². The molecule has 11 nitrogen and oxygen atoms in total. The number of pyridine rings is 1. The van der Waals surface area contributed by atoms with Crippen LogP contribution in [0.25, 0.3) is 16.9 Å². The second kappa shape index (κ2) is 15.2. The van der Waals surface area contributed by atoms with Gasteiger partial charge in [-0.2, -0.15) is 5.10 Å². The van der Waals surface area contributed by atoms with Crippen LogP contribution in [0.2, 0.25) is 0 Å². The first-order valence-corrected chi connectivity index (χ1v) is 19.0. The number of ketones is 1. The third-order valence-electron chi connectivity index (χ3n) is 10.0. The third kappa shape index (κ3) is 7.98. The normalized spacial score (nSPS) is 19.4. The van der Waals surface area contributed by atoms with Crippen LogP contribution in [0.15, 0.2) is 77.7 Å². The van der Waals surface area contributed by atoms with Crippen molar-refractivity contribution in [2.75, 3.05) is 44.9 Å². The Morgan fingerprint density at radius 3 is 2.36 bits per heavy atom. The van der Waals surface area contributed by atoms with Gasteiger partial charge in [-0.05, 0) is 55.0 Å². The smallest absolute Gasteiger partial charge is 0.263 e. The van der Waals surface area contributed by atoms with Gasteiger partial charge in [0.05, 0.1) is 35.2 Å². The zero-order valence-corrected chi connectivity index (χ0v) is 29.7. The molecule has 0 spiro atoms. The van der Waals surface area contributed by atoms with E-state index in [1.54, 1.807) is 31.1 Å². The largest absolute Gasteiger partial charge is 0.383 e. The lowest BCUT2D eigenvalue weighted by Crippen LogP contribution is -2.42. The predicted octanol–water partition coefficient (Wildman–Crippen LogP) is 3.72. The van der Waals surface area contributed by atoms with Crippen LogP contribution in [-0.2, 0) is 32.8 Å². The number of aromatic nitrogens is 3. The summed E-state index contributed by atoms with van der Waals surface area (Å²) >= 11 is 0. The number of benzene rings is 2. The molecule has 2 aliphatic rings. The average molecular weight is 700 g/mol. The van der Waals surface area contributed by atoms with E-state index < -0.39 is 21.3 Å². The second-order valence-corrected chi connectivity index (χ2v) is 15.9. The van der Waals surface area contributed by atoms with Crippen molar-refractivity contribution < 1.29 is 22.7 Å². The van der Waals surface area contributed by atoms with Gasteiger partial charge < -0.3 is 19.5 Å². The number of nitrogens with one attached hydrogen (secondary N) is 1. The fraction of sp³-hybridized carbons (Fsp3) is 0.421. The van der Waals surface area contributed by atoms with E-state index in [-0.39, 0.29) is 47.2 Å². The standard InChI is InChI=1S/C38H45N5O6S/c1-26-35(22-32(44)20-28-24-42(16-17-49-3)25-34(28)27-10-6-4-7-11-27)43(31-12-8-5-9-13-31)40-36(26)29-21-33(38(46)41(2)23-29)37(45)39-30-14-18-50(47,48)19-15-30/h4-13,21,23,28,30,34H,14-20,22,24-25H2,1-3H3,(H,39,45)/t28-,34+/m1/s1. The van der Waals surface area contributed by atoms with Crippen LogP contribution in [0.1, 0.15) is 52.4 Å². The van der Waals surface area contributed by atoms with E-state index in [0.29, 0.717) is 37.1 Å². The molecule has 0 aliphatic carbocycles. The van der Waals surface area contributed by atoms with Crippen molar-refractivity contribution in [1.29, 1.82) is 0 Å². The summed E-state index contributed by atoms with van der Waals surface area (Å²) in [5.74, 6) is -0.0205. The van der Waals surface area contributed by atoms with Crippen molar-refractivity contribution in [3.63, 3.8) is 0 Å². The molecule has 0 unspecified atom stereocenters. The lowest BCUT2D eigenvalue weighted by atomic mass is 9.85. The van der Waals surface area contributed by atoms with Crippen molar-refractivity contribution in [3.8, 4) is 16.9 Å². The Labute approximate surface area is 293 Å². The topological polar surface area (TPSA) is 133 Å². The number of carbonyl (C=O) groups excluding carboxylic acids is 2. The number of aryl methyl sites for hydroxylation is 1. The number of hydrogen-bond acceptors (Lipinski definition) is 8. The van der Waals surface area contributed by atoms with Gasteiger partial charge in [-0.3, -0.25) is 14.4 Å². The van der Waals surface area contributed by atoms with Gasteiger partial charge in [-0.1, -0.05) is 48.5 Å². The molecule has 2 aromatic heterocycles. The number of amides is 1. The molecule has 264 valence electrons. The summed E-state index contributed by atoms with van der Waals surface area (Å²) in [5.41, 5.74) is 4.21. The van der Waals surface area contributed by atoms with Gasteiger partial charge in [-0.25, -0.2) is 13.1 Å². The molecule has 0 bridgehead atoms. The SMILES string of the molecule is COCCN1C[C@@H](CC(=O)Cc2c(C)c(-c3cc(C(=O)NC4CCS(=O)(=O)CC4)c(=O)n(C)c3)nn2-c2ccccc2)[C@H](c2ccccc2)C1. The van der Waals surface area contributed by atoms with Gasteiger partial charge >= 0.3 is 0 Å². The minimum atomic E-state index is -3.10. The lowest BCUT2D eigenvalue weighted by Gasteiger charge is -2.23. The molecule has 1 amide bonds. The number of Topliss-reactive ketones (excluding diaryl/α,β-unsaturated/α-hetero) is 1. The van der Waals surface area contributed by atoms with Gasteiger partial charge in [0, 0.05) is 70.4 Å². The molecular weight excluding hydrogens is 655 g/mol. The second-order valence-electron chi connectivity index (χ2n) is 13.6. The minimum absolute atomic E-state index is 0.00728. The molecule has 2 atom stereocenters.